The number of benzene rings is 1. The van der Waals surface area contributed by atoms with Gasteiger partial charge >= 0.3 is 0 Å². The number of ketones is 1. The number of carbonyl (C=O) groups excluding carboxylic acids is 1. The molecule has 1 aliphatic carbocycles. The van der Waals surface area contributed by atoms with Gasteiger partial charge in [0, 0.05) is 15.9 Å². The monoisotopic (exact) mass is 306 g/mol. The molecular formula is C17H22OS2. The minimum Gasteiger partial charge on any atom is -0.289 e. The normalized spacial score (nSPS) is 15.9. The van der Waals surface area contributed by atoms with Crippen molar-refractivity contribution in [2.75, 3.05) is 12.5 Å². The second-order valence-corrected chi connectivity index (χ2v) is 7.15. The molecule has 0 unspecified atom stereocenters. The maximum atomic E-state index is 12.2. The van der Waals surface area contributed by atoms with E-state index in [1.165, 1.54) is 37.7 Å². The Bertz CT molecular complexity index is 464. The van der Waals surface area contributed by atoms with E-state index >= 15 is 0 Å². The number of hydrogen-bond donors (Lipinski definition) is 0. The summed E-state index contributed by atoms with van der Waals surface area (Å²) < 4.78 is 1.06. The Morgan fingerprint density at radius 2 is 1.65 bits per heavy atom. The molecule has 1 fully saturated rings. The summed E-state index contributed by atoms with van der Waals surface area (Å²) in [6, 6.07) is 8.27. The summed E-state index contributed by atoms with van der Waals surface area (Å²) in [6.07, 6.45) is 12.4. The van der Waals surface area contributed by atoms with Gasteiger partial charge in [-0.2, -0.15) is 0 Å². The van der Waals surface area contributed by atoms with Crippen LogP contribution in [-0.2, 0) is 0 Å². The Morgan fingerprint density at radius 3 is 2.20 bits per heavy atom. The van der Waals surface area contributed by atoms with Crippen molar-refractivity contribution in [2.24, 2.45) is 0 Å². The van der Waals surface area contributed by atoms with Gasteiger partial charge in [0.2, 0.25) is 0 Å². The molecule has 0 atom stereocenters. The highest BCUT2D eigenvalue weighted by Crippen LogP contribution is 2.32. The van der Waals surface area contributed by atoms with Gasteiger partial charge in [-0.1, -0.05) is 43.5 Å². The zero-order chi connectivity index (χ0) is 14.4. The van der Waals surface area contributed by atoms with Gasteiger partial charge in [-0.25, -0.2) is 0 Å². The Balaban J connectivity index is 2.07. The summed E-state index contributed by atoms with van der Waals surface area (Å²) in [6.45, 7) is 0. The first kappa shape index (κ1) is 15.7. The number of allylic oxidation sites excluding steroid dienone is 1. The molecule has 108 valence electrons. The molecule has 0 saturated heterocycles. The van der Waals surface area contributed by atoms with Gasteiger partial charge in [-0.3, -0.25) is 4.79 Å². The van der Waals surface area contributed by atoms with Crippen molar-refractivity contribution < 1.29 is 4.79 Å². The van der Waals surface area contributed by atoms with E-state index in [1.807, 2.05) is 24.6 Å². The maximum absolute atomic E-state index is 12.2. The highest BCUT2D eigenvalue weighted by Gasteiger charge is 2.15. The highest BCUT2D eigenvalue weighted by atomic mass is 32.2. The summed E-state index contributed by atoms with van der Waals surface area (Å²) in [5, 5.41) is 0. The highest BCUT2D eigenvalue weighted by molar-refractivity contribution is 8.21. The number of carbonyl (C=O) groups is 1. The topological polar surface area (TPSA) is 17.1 Å². The fourth-order valence-corrected chi connectivity index (χ4v) is 3.86. The Labute approximate surface area is 130 Å². The molecule has 1 aliphatic rings. The van der Waals surface area contributed by atoms with E-state index < -0.39 is 0 Å². The Hall–Kier alpha value is -0.670. The number of rotatable bonds is 5. The molecule has 2 rings (SSSR count). The molecule has 1 saturated carbocycles. The van der Waals surface area contributed by atoms with Crippen LogP contribution in [0.2, 0.25) is 0 Å². The third-order valence-electron chi connectivity index (χ3n) is 3.92. The summed E-state index contributed by atoms with van der Waals surface area (Å²) in [4.78, 5) is 12.2. The minimum absolute atomic E-state index is 0.110. The first-order chi connectivity index (χ1) is 9.74. The van der Waals surface area contributed by atoms with Gasteiger partial charge in [-0.05, 0) is 36.8 Å². The van der Waals surface area contributed by atoms with Crippen molar-refractivity contribution >= 4 is 29.3 Å². The fourth-order valence-electron chi connectivity index (χ4n) is 2.75. The van der Waals surface area contributed by atoms with E-state index in [0.29, 0.717) is 5.92 Å². The molecule has 0 heterocycles. The van der Waals surface area contributed by atoms with Gasteiger partial charge in [0.05, 0.1) is 0 Å². The first-order valence-electron chi connectivity index (χ1n) is 7.18. The second kappa shape index (κ2) is 7.94. The van der Waals surface area contributed by atoms with Crippen LogP contribution in [0.4, 0.5) is 0 Å². The molecule has 0 radical (unpaired) electrons. The van der Waals surface area contributed by atoms with Crippen LogP contribution in [0.25, 0.3) is 0 Å². The Morgan fingerprint density at radius 1 is 1.05 bits per heavy atom. The van der Waals surface area contributed by atoms with E-state index in [-0.39, 0.29) is 5.78 Å². The standard InChI is InChI=1S/C17H22OS2/c1-19-17(20-2)12-16(18)15-10-8-14(9-11-15)13-6-4-3-5-7-13/h8-13H,3-7H2,1-2H3. The average Bonchev–Trinajstić information content (AvgIpc) is 2.53. The molecule has 0 amide bonds. The second-order valence-electron chi connectivity index (χ2n) is 5.19. The summed E-state index contributed by atoms with van der Waals surface area (Å²) in [5.41, 5.74) is 2.20. The largest absolute Gasteiger partial charge is 0.289 e. The molecule has 1 nitrogen and oxygen atoms in total. The number of thioether (sulfide) groups is 2. The fraction of sp³-hybridized carbons (Fsp3) is 0.471. The van der Waals surface area contributed by atoms with Crippen molar-refractivity contribution in [2.45, 2.75) is 38.0 Å². The van der Waals surface area contributed by atoms with Crippen molar-refractivity contribution in [3.63, 3.8) is 0 Å². The third kappa shape index (κ3) is 4.16. The Kier molecular flexibility index (Phi) is 6.24. The number of hydrogen-bond acceptors (Lipinski definition) is 3. The lowest BCUT2D eigenvalue weighted by Crippen LogP contribution is -2.05. The molecule has 20 heavy (non-hydrogen) atoms. The first-order valence-corrected chi connectivity index (χ1v) is 9.63. The summed E-state index contributed by atoms with van der Waals surface area (Å²) in [7, 11) is 0. The van der Waals surface area contributed by atoms with Crippen molar-refractivity contribution in [3.8, 4) is 0 Å². The molecule has 1 aromatic carbocycles. The summed E-state index contributed by atoms with van der Waals surface area (Å²) in [5.74, 6) is 0.815. The SMILES string of the molecule is CSC(=CC(=O)c1ccc(C2CCCCC2)cc1)SC. The van der Waals surface area contributed by atoms with Crippen LogP contribution >= 0.6 is 23.5 Å². The van der Waals surface area contributed by atoms with Crippen molar-refractivity contribution in [3.05, 3.63) is 45.7 Å². The predicted octanol–water partition coefficient (Wildman–Crippen LogP) is 5.48. The van der Waals surface area contributed by atoms with Crippen LogP contribution < -0.4 is 0 Å². The lowest BCUT2D eigenvalue weighted by Gasteiger charge is -2.21. The zero-order valence-electron chi connectivity index (χ0n) is 12.2. The van der Waals surface area contributed by atoms with E-state index in [4.69, 9.17) is 0 Å². The molecule has 0 bridgehead atoms. The van der Waals surface area contributed by atoms with Crippen LogP contribution in [-0.4, -0.2) is 18.3 Å². The minimum atomic E-state index is 0.110. The molecular weight excluding hydrogens is 284 g/mol. The van der Waals surface area contributed by atoms with Gasteiger partial charge in [-0.15, -0.1) is 23.5 Å². The average molecular weight is 306 g/mol. The van der Waals surface area contributed by atoms with Gasteiger partial charge in [0.1, 0.15) is 0 Å². The molecule has 0 aliphatic heterocycles. The van der Waals surface area contributed by atoms with Crippen LogP contribution in [0.15, 0.2) is 34.6 Å². The third-order valence-corrected chi connectivity index (χ3v) is 5.96. The lowest BCUT2D eigenvalue weighted by atomic mass is 9.84. The quantitative estimate of drug-likeness (QED) is 0.529. The molecule has 3 heteroatoms. The molecule has 0 aromatic heterocycles. The van der Waals surface area contributed by atoms with E-state index in [2.05, 4.69) is 12.1 Å². The van der Waals surface area contributed by atoms with E-state index in [9.17, 15) is 4.79 Å². The van der Waals surface area contributed by atoms with Gasteiger partial charge in [0.15, 0.2) is 5.78 Å². The molecule has 1 aromatic rings. The maximum Gasteiger partial charge on any atom is 0.187 e. The van der Waals surface area contributed by atoms with Crippen molar-refractivity contribution in [1.82, 2.24) is 0 Å². The van der Waals surface area contributed by atoms with Gasteiger partial charge in [0.25, 0.3) is 0 Å². The van der Waals surface area contributed by atoms with E-state index in [0.717, 1.165) is 9.80 Å². The van der Waals surface area contributed by atoms with Gasteiger partial charge < -0.3 is 0 Å². The predicted molar refractivity (Wildman–Crippen MR) is 91.7 cm³/mol. The van der Waals surface area contributed by atoms with Crippen LogP contribution in [0.3, 0.4) is 0 Å². The summed E-state index contributed by atoms with van der Waals surface area (Å²) >= 11 is 3.24. The zero-order valence-corrected chi connectivity index (χ0v) is 13.9. The van der Waals surface area contributed by atoms with Crippen molar-refractivity contribution in [1.29, 1.82) is 0 Å². The van der Waals surface area contributed by atoms with Crippen LogP contribution in [0, 0.1) is 0 Å². The van der Waals surface area contributed by atoms with Crippen LogP contribution in [0.5, 0.6) is 0 Å². The smallest absolute Gasteiger partial charge is 0.187 e. The van der Waals surface area contributed by atoms with E-state index in [1.54, 1.807) is 29.6 Å². The molecule has 0 N–H and O–H groups in total. The van der Waals surface area contributed by atoms with Crippen LogP contribution in [0.1, 0.15) is 53.9 Å². The molecule has 0 spiro atoms. The lowest BCUT2D eigenvalue weighted by molar-refractivity contribution is 0.104.